The number of anilines is 1. The molecule has 0 atom stereocenters. The highest BCUT2D eigenvalue weighted by atomic mass is 32.1. The average molecular weight is 447 g/mol. The molecule has 5 rings (SSSR count). The molecule has 0 radical (unpaired) electrons. The molecule has 3 heterocycles. The van der Waals surface area contributed by atoms with E-state index in [0.29, 0.717) is 27.6 Å². The summed E-state index contributed by atoms with van der Waals surface area (Å²) in [5.41, 5.74) is 5.35. The molecule has 0 saturated carbocycles. The smallest absolute Gasteiger partial charge is 0.408 e. The van der Waals surface area contributed by atoms with E-state index in [1.165, 1.54) is 11.3 Å². The quantitative estimate of drug-likeness (QED) is 0.357. The lowest BCUT2D eigenvalue weighted by atomic mass is 10.1. The van der Waals surface area contributed by atoms with Crippen LogP contribution in [0.15, 0.2) is 57.1 Å². The van der Waals surface area contributed by atoms with Crippen LogP contribution in [0.2, 0.25) is 0 Å². The largest absolute Gasteiger partial charge is 0.417 e. The minimum Gasteiger partial charge on any atom is -0.408 e. The number of H-pyrrole nitrogens is 1. The molecule has 1 amide bonds. The lowest BCUT2D eigenvalue weighted by molar-refractivity contribution is 0.101. The Labute approximate surface area is 187 Å². The van der Waals surface area contributed by atoms with Gasteiger partial charge in [0.05, 0.1) is 11.2 Å². The number of hydrogen-bond donors (Lipinski definition) is 2. The maximum atomic E-state index is 13.3. The molecular formula is C24H22N4O3S. The first-order chi connectivity index (χ1) is 15.5. The van der Waals surface area contributed by atoms with Crippen LogP contribution < -0.4 is 11.1 Å². The van der Waals surface area contributed by atoms with Crippen molar-refractivity contribution in [2.24, 2.45) is 0 Å². The molecule has 0 bridgehead atoms. The summed E-state index contributed by atoms with van der Waals surface area (Å²) in [4.78, 5) is 31.9. The van der Waals surface area contributed by atoms with Gasteiger partial charge in [0.2, 0.25) is 0 Å². The Kier molecular flexibility index (Phi) is 5.14. The SMILES string of the molecule is CCCCn1c(C(=O)Nc2nc(-c3ccc4[nH]c(=O)oc4c3)cs2)c(C)c2ccccc21. The van der Waals surface area contributed by atoms with Crippen LogP contribution in [0.25, 0.3) is 33.3 Å². The van der Waals surface area contributed by atoms with Crippen molar-refractivity contribution < 1.29 is 9.21 Å². The van der Waals surface area contributed by atoms with E-state index in [0.717, 1.165) is 41.4 Å². The average Bonchev–Trinajstić information content (AvgIpc) is 3.47. The van der Waals surface area contributed by atoms with Crippen molar-refractivity contribution in [2.45, 2.75) is 33.2 Å². The number of fused-ring (bicyclic) bond motifs is 2. The second kappa shape index (κ2) is 8.12. The standard InChI is InChI=1S/C24H22N4O3S/c1-3-4-11-28-19-8-6-5-7-16(19)14(2)21(28)22(29)27-23-25-18(13-32-23)15-9-10-17-20(12-15)31-24(30)26-17/h5-10,12-13H,3-4,11H2,1-2H3,(H,26,30)(H,25,27,29). The van der Waals surface area contributed by atoms with E-state index < -0.39 is 5.76 Å². The van der Waals surface area contributed by atoms with Crippen molar-refractivity contribution in [2.75, 3.05) is 5.32 Å². The van der Waals surface area contributed by atoms with Gasteiger partial charge in [-0.15, -0.1) is 11.3 Å². The molecule has 0 fully saturated rings. The first-order valence-corrected chi connectivity index (χ1v) is 11.4. The number of thiazole rings is 1. The summed E-state index contributed by atoms with van der Waals surface area (Å²) in [6.07, 6.45) is 2.05. The number of carbonyl (C=O) groups excluding carboxylic acids is 1. The van der Waals surface area contributed by atoms with Crippen LogP contribution in [0.1, 0.15) is 35.8 Å². The predicted octanol–water partition coefficient (Wildman–Crippen LogP) is 5.56. The fraction of sp³-hybridized carbons (Fsp3) is 0.208. The highest BCUT2D eigenvalue weighted by Gasteiger charge is 2.21. The van der Waals surface area contributed by atoms with Gasteiger partial charge in [-0.05, 0) is 37.1 Å². The third-order valence-corrected chi connectivity index (χ3v) is 6.37. The van der Waals surface area contributed by atoms with Gasteiger partial charge in [-0.1, -0.05) is 37.6 Å². The second-order valence-electron chi connectivity index (χ2n) is 7.71. The number of oxazole rings is 1. The Morgan fingerprint density at radius 2 is 2.09 bits per heavy atom. The van der Waals surface area contributed by atoms with Crippen LogP contribution in [0.3, 0.4) is 0 Å². The second-order valence-corrected chi connectivity index (χ2v) is 8.57. The number of carbonyl (C=O) groups is 1. The van der Waals surface area contributed by atoms with Gasteiger partial charge in [-0.25, -0.2) is 9.78 Å². The van der Waals surface area contributed by atoms with Crippen molar-refractivity contribution in [1.82, 2.24) is 14.5 Å². The van der Waals surface area contributed by atoms with Crippen molar-refractivity contribution in [3.05, 3.63) is 69.7 Å². The zero-order valence-electron chi connectivity index (χ0n) is 17.8. The Morgan fingerprint density at radius 3 is 2.94 bits per heavy atom. The molecule has 8 heteroatoms. The number of para-hydroxylation sites is 1. The van der Waals surface area contributed by atoms with E-state index in [2.05, 4.69) is 38.9 Å². The number of aromatic amines is 1. The molecule has 0 saturated heterocycles. The maximum absolute atomic E-state index is 13.3. The Morgan fingerprint density at radius 1 is 1.25 bits per heavy atom. The Balaban J connectivity index is 1.45. The van der Waals surface area contributed by atoms with Crippen LogP contribution >= 0.6 is 11.3 Å². The summed E-state index contributed by atoms with van der Waals surface area (Å²) in [5.74, 6) is -0.653. The van der Waals surface area contributed by atoms with E-state index in [4.69, 9.17) is 4.42 Å². The first-order valence-electron chi connectivity index (χ1n) is 10.5. The fourth-order valence-corrected chi connectivity index (χ4v) is 4.76. The molecule has 2 N–H and O–H groups in total. The van der Waals surface area contributed by atoms with Gasteiger partial charge in [0.25, 0.3) is 5.91 Å². The third kappa shape index (κ3) is 3.52. The summed E-state index contributed by atoms with van der Waals surface area (Å²) in [6, 6.07) is 13.5. The zero-order valence-corrected chi connectivity index (χ0v) is 18.6. The molecule has 0 unspecified atom stereocenters. The number of rotatable bonds is 6. The number of amides is 1. The molecule has 0 aliphatic heterocycles. The highest BCUT2D eigenvalue weighted by molar-refractivity contribution is 7.14. The molecule has 0 spiro atoms. The van der Waals surface area contributed by atoms with Crippen molar-refractivity contribution in [3.63, 3.8) is 0 Å². The predicted molar refractivity (Wildman–Crippen MR) is 127 cm³/mol. The van der Waals surface area contributed by atoms with Gasteiger partial charge in [0.1, 0.15) is 5.69 Å². The highest BCUT2D eigenvalue weighted by Crippen LogP contribution is 2.30. The lowest BCUT2D eigenvalue weighted by Gasteiger charge is -2.10. The van der Waals surface area contributed by atoms with Crippen molar-refractivity contribution in [1.29, 1.82) is 0 Å². The monoisotopic (exact) mass is 446 g/mol. The number of aryl methyl sites for hydroxylation is 2. The molecule has 0 aliphatic rings. The van der Waals surface area contributed by atoms with Crippen LogP contribution in [0.4, 0.5) is 5.13 Å². The maximum Gasteiger partial charge on any atom is 0.417 e. The number of nitrogens with zero attached hydrogens (tertiary/aromatic N) is 2. The summed E-state index contributed by atoms with van der Waals surface area (Å²) >= 11 is 1.36. The lowest BCUT2D eigenvalue weighted by Crippen LogP contribution is -2.18. The molecule has 162 valence electrons. The molecule has 7 nitrogen and oxygen atoms in total. The molecular weight excluding hydrogens is 424 g/mol. The van der Waals surface area contributed by atoms with Gasteiger partial charge in [-0.2, -0.15) is 0 Å². The summed E-state index contributed by atoms with van der Waals surface area (Å²) in [7, 11) is 0. The van der Waals surface area contributed by atoms with Crippen LogP contribution in [0, 0.1) is 6.92 Å². The molecule has 5 aromatic rings. The first kappa shape index (κ1) is 20.3. The third-order valence-electron chi connectivity index (χ3n) is 5.62. The zero-order chi connectivity index (χ0) is 22.2. The fourth-order valence-electron chi connectivity index (χ4n) is 4.04. The van der Waals surface area contributed by atoms with Gasteiger partial charge < -0.3 is 8.98 Å². The molecule has 32 heavy (non-hydrogen) atoms. The summed E-state index contributed by atoms with van der Waals surface area (Å²) < 4.78 is 7.25. The van der Waals surface area contributed by atoms with E-state index in [1.807, 2.05) is 30.5 Å². The normalized spacial score (nSPS) is 11.4. The summed E-state index contributed by atoms with van der Waals surface area (Å²) in [5, 5.41) is 6.47. The molecule has 2 aromatic carbocycles. The number of hydrogen-bond acceptors (Lipinski definition) is 5. The molecule has 0 aliphatic carbocycles. The van der Waals surface area contributed by atoms with E-state index in [1.54, 1.807) is 12.1 Å². The minimum absolute atomic E-state index is 0.164. The van der Waals surface area contributed by atoms with Gasteiger partial charge in [0, 0.05) is 28.4 Å². The number of unbranched alkanes of at least 4 members (excludes halogenated alkanes) is 1. The van der Waals surface area contributed by atoms with E-state index in [9.17, 15) is 9.59 Å². The number of aromatic nitrogens is 3. The van der Waals surface area contributed by atoms with Crippen molar-refractivity contribution >= 4 is 44.4 Å². The molecule has 3 aromatic heterocycles. The Bertz CT molecular complexity index is 1500. The van der Waals surface area contributed by atoms with Crippen molar-refractivity contribution in [3.8, 4) is 11.3 Å². The van der Waals surface area contributed by atoms with E-state index >= 15 is 0 Å². The van der Waals surface area contributed by atoms with Gasteiger partial charge in [-0.3, -0.25) is 15.1 Å². The topological polar surface area (TPSA) is 92.9 Å². The van der Waals surface area contributed by atoms with Gasteiger partial charge in [0.15, 0.2) is 10.7 Å². The number of nitrogens with one attached hydrogen (secondary N) is 2. The van der Waals surface area contributed by atoms with Crippen LogP contribution in [0.5, 0.6) is 0 Å². The van der Waals surface area contributed by atoms with Gasteiger partial charge >= 0.3 is 5.76 Å². The van der Waals surface area contributed by atoms with Crippen LogP contribution in [-0.2, 0) is 6.54 Å². The van der Waals surface area contributed by atoms with Crippen LogP contribution in [-0.4, -0.2) is 20.4 Å². The number of benzene rings is 2. The Hall–Kier alpha value is -3.65. The summed E-state index contributed by atoms with van der Waals surface area (Å²) in [6.45, 7) is 4.93. The van der Waals surface area contributed by atoms with E-state index in [-0.39, 0.29) is 5.91 Å². The minimum atomic E-state index is -0.489.